The molecule has 0 aliphatic carbocycles. The van der Waals surface area contributed by atoms with E-state index in [0.29, 0.717) is 37.0 Å². The molecule has 2 aliphatic rings. The van der Waals surface area contributed by atoms with E-state index in [1.165, 1.54) is 0 Å². The molecule has 1 aromatic carbocycles. The molecule has 200 valence electrons. The highest BCUT2D eigenvalue weighted by atomic mass is 16.5. The molecule has 2 saturated heterocycles. The lowest BCUT2D eigenvalue weighted by Gasteiger charge is -2.26. The Hall–Kier alpha value is -3.80. The monoisotopic (exact) mass is 519 g/mol. The van der Waals surface area contributed by atoms with Crippen LogP contribution < -0.4 is 16.0 Å². The van der Waals surface area contributed by atoms with Crippen LogP contribution in [0.3, 0.4) is 0 Å². The van der Waals surface area contributed by atoms with Gasteiger partial charge in [-0.05, 0) is 37.6 Å². The first-order valence-corrected chi connectivity index (χ1v) is 12.8. The summed E-state index contributed by atoms with van der Waals surface area (Å²) in [6.07, 6.45) is 2.48. The van der Waals surface area contributed by atoms with Crippen LogP contribution in [-0.2, 0) is 9.47 Å². The van der Waals surface area contributed by atoms with Crippen molar-refractivity contribution in [2.45, 2.75) is 25.4 Å². The number of nitrogens with one attached hydrogen (secondary N) is 3. The molecule has 1 atom stereocenters. The van der Waals surface area contributed by atoms with Crippen LogP contribution in [0.1, 0.15) is 22.5 Å². The molecule has 0 spiro atoms. The molecule has 0 bridgehead atoms. The zero-order valence-corrected chi connectivity index (χ0v) is 21.6. The average Bonchev–Trinajstić information content (AvgIpc) is 3.49. The minimum atomic E-state index is -0.284. The third-order valence-electron chi connectivity index (χ3n) is 6.81. The van der Waals surface area contributed by atoms with Crippen molar-refractivity contribution in [2.75, 3.05) is 51.9 Å². The van der Waals surface area contributed by atoms with E-state index in [1.807, 2.05) is 43.3 Å². The zero-order chi connectivity index (χ0) is 26.5. The topological polar surface area (TPSA) is 123 Å². The summed E-state index contributed by atoms with van der Waals surface area (Å²) in [6.45, 7) is 6.15. The molecule has 2 aromatic heterocycles. The van der Waals surface area contributed by atoms with Crippen LogP contribution in [0.4, 0.5) is 10.6 Å². The standard InChI is InChI=1S/C27H33N7O4/c1-18-24(19-8-10-28-23(14-19)26(35)29-21-16-38-17-21)32-34(22-6-4-3-5-7-22)25(18)31-27(36)30-20-9-11-33(15-20)12-13-37-2/h3-8,10,14,20-21H,9,11-13,15-17H2,1-2H3,(H,29,35)(H2,30,31,36)/t20-/m0/s1. The lowest BCUT2D eigenvalue weighted by Crippen LogP contribution is -2.48. The van der Waals surface area contributed by atoms with Crippen molar-refractivity contribution in [1.29, 1.82) is 0 Å². The molecule has 38 heavy (non-hydrogen) atoms. The average molecular weight is 520 g/mol. The number of methoxy groups -OCH3 is 1. The molecule has 2 aliphatic heterocycles. The van der Waals surface area contributed by atoms with Gasteiger partial charge in [-0.1, -0.05) is 18.2 Å². The number of pyridine rings is 1. The van der Waals surface area contributed by atoms with Gasteiger partial charge in [0, 0.05) is 50.1 Å². The van der Waals surface area contributed by atoms with Gasteiger partial charge in [0.2, 0.25) is 0 Å². The molecule has 5 rings (SSSR count). The van der Waals surface area contributed by atoms with Gasteiger partial charge in [0.1, 0.15) is 11.5 Å². The van der Waals surface area contributed by atoms with Gasteiger partial charge >= 0.3 is 6.03 Å². The number of anilines is 1. The normalized spacial score (nSPS) is 17.7. The first-order chi connectivity index (χ1) is 18.5. The van der Waals surface area contributed by atoms with Crippen LogP contribution >= 0.6 is 0 Å². The number of ether oxygens (including phenoxy) is 2. The number of para-hydroxylation sites is 1. The predicted molar refractivity (Wildman–Crippen MR) is 142 cm³/mol. The molecule has 3 amide bonds. The van der Waals surface area contributed by atoms with Gasteiger partial charge in [-0.2, -0.15) is 5.10 Å². The fourth-order valence-corrected chi connectivity index (χ4v) is 4.66. The Morgan fingerprint density at radius 1 is 1.13 bits per heavy atom. The number of rotatable bonds is 9. The molecule has 4 heterocycles. The second kappa shape index (κ2) is 11.7. The van der Waals surface area contributed by atoms with Crippen molar-refractivity contribution in [3.63, 3.8) is 0 Å². The molecule has 11 nitrogen and oxygen atoms in total. The number of nitrogens with zero attached hydrogens (tertiary/aromatic N) is 4. The highest BCUT2D eigenvalue weighted by molar-refractivity contribution is 5.94. The summed E-state index contributed by atoms with van der Waals surface area (Å²) in [7, 11) is 1.69. The largest absolute Gasteiger partial charge is 0.383 e. The number of hydrogen-bond acceptors (Lipinski definition) is 7. The van der Waals surface area contributed by atoms with E-state index >= 15 is 0 Å². The van der Waals surface area contributed by atoms with Crippen molar-refractivity contribution in [1.82, 2.24) is 30.3 Å². The Morgan fingerprint density at radius 2 is 1.95 bits per heavy atom. The maximum Gasteiger partial charge on any atom is 0.320 e. The summed E-state index contributed by atoms with van der Waals surface area (Å²) in [4.78, 5) is 32.3. The van der Waals surface area contributed by atoms with Crippen molar-refractivity contribution >= 4 is 17.8 Å². The van der Waals surface area contributed by atoms with Crippen LogP contribution in [0, 0.1) is 6.92 Å². The maximum absolute atomic E-state index is 13.1. The van der Waals surface area contributed by atoms with E-state index in [-0.39, 0.29) is 24.0 Å². The van der Waals surface area contributed by atoms with Gasteiger partial charge in [0.05, 0.1) is 37.2 Å². The van der Waals surface area contributed by atoms with E-state index in [4.69, 9.17) is 14.6 Å². The Bertz CT molecular complexity index is 1280. The van der Waals surface area contributed by atoms with Crippen LogP contribution in [0.2, 0.25) is 0 Å². The number of carbonyl (C=O) groups excluding carboxylic acids is 2. The minimum Gasteiger partial charge on any atom is -0.383 e. The van der Waals surface area contributed by atoms with Crippen molar-refractivity contribution in [3.8, 4) is 16.9 Å². The number of aromatic nitrogens is 3. The number of urea groups is 1. The number of amides is 3. The van der Waals surface area contributed by atoms with Crippen LogP contribution in [0.25, 0.3) is 16.9 Å². The third-order valence-corrected chi connectivity index (χ3v) is 6.81. The number of benzene rings is 1. The van der Waals surface area contributed by atoms with Gasteiger partial charge in [0.15, 0.2) is 0 Å². The SMILES string of the molecule is COCCN1CC[C@H](NC(=O)Nc2c(C)c(-c3ccnc(C(=O)NC4COC4)c3)nn2-c2ccccc2)C1. The summed E-state index contributed by atoms with van der Waals surface area (Å²) in [5.74, 6) is 0.307. The highest BCUT2D eigenvalue weighted by Crippen LogP contribution is 2.30. The molecule has 3 aromatic rings. The molecule has 2 fully saturated rings. The van der Waals surface area contributed by atoms with Gasteiger partial charge in [0.25, 0.3) is 5.91 Å². The number of likely N-dealkylation sites (tertiary alicyclic amines) is 1. The zero-order valence-electron chi connectivity index (χ0n) is 21.6. The Morgan fingerprint density at radius 3 is 2.68 bits per heavy atom. The van der Waals surface area contributed by atoms with E-state index in [1.54, 1.807) is 24.1 Å². The van der Waals surface area contributed by atoms with E-state index in [0.717, 1.165) is 42.9 Å². The van der Waals surface area contributed by atoms with Crippen molar-refractivity contribution in [2.24, 2.45) is 0 Å². The molecule has 0 unspecified atom stereocenters. The number of carbonyl (C=O) groups is 2. The molecular formula is C27H33N7O4. The summed E-state index contributed by atoms with van der Waals surface area (Å²) in [5, 5.41) is 13.9. The highest BCUT2D eigenvalue weighted by Gasteiger charge is 2.26. The number of hydrogen-bond donors (Lipinski definition) is 3. The molecular weight excluding hydrogens is 486 g/mol. The van der Waals surface area contributed by atoms with Crippen LogP contribution in [-0.4, -0.2) is 90.3 Å². The van der Waals surface area contributed by atoms with Crippen LogP contribution in [0.5, 0.6) is 0 Å². The van der Waals surface area contributed by atoms with Gasteiger partial charge in [-0.25, -0.2) is 9.48 Å². The predicted octanol–water partition coefficient (Wildman–Crippen LogP) is 2.21. The Balaban J connectivity index is 1.37. The van der Waals surface area contributed by atoms with Crippen molar-refractivity contribution < 1.29 is 19.1 Å². The minimum absolute atomic E-state index is 0.00761. The van der Waals surface area contributed by atoms with E-state index in [9.17, 15) is 9.59 Å². The second-order valence-electron chi connectivity index (χ2n) is 9.58. The van der Waals surface area contributed by atoms with Gasteiger partial charge < -0.3 is 20.1 Å². The molecule has 0 radical (unpaired) electrons. The fraction of sp³-hybridized carbons (Fsp3) is 0.407. The Labute approximate surface area is 221 Å². The smallest absolute Gasteiger partial charge is 0.320 e. The quantitative estimate of drug-likeness (QED) is 0.396. The van der Waals surface area contributed by atoms with Gasteiger partial charge in [-0.15, -0.1) is 0 Å². The first-order valence-electron chi connectivity index (χ1n) is 12.8. The van der Waals surface area contributed by atoms with E-state index < -0.39 is 0 Å². The fourth-order valence-electron chi connectivity index (χ4n) is 4.66. The summed E-state index contributed by atoms with van der Waals surface area (Å²) in [6, 6.07) is 12.9. The van der Waals surface area contributed by atoms with E-state index in [2.05, 4.69) is 25.8 Å². The second-order valence-corrected chi connectivity index (χ2v) is 9.58. The van der Waals surface area contributed by atoms with Crippen molar-refractivity contribution in [3.05, 3.63) is 59.9 Å². The van der Waals surface area contributed by atoms with Gasteiger partial charge in [-0.3, -0.25) is 20.0 Å². The lowest BCUT2D eigenvalue weighted by atomic mass is 10.1. The molecule has 3 N–H and O–H groups in total. The summed E-state index contributed by atoms with van der Waals surface area (Å²) >= 11 is 0. The summed E-state index contributed by atoms with van der Waals surface area (Å²) < 4.78 is 12.0. The molecule has 0 saturated carbocycles. The first kappa shape index (κ1) is 25.8. The summed E-state index contributed by atoms with van der Waals surface area (Å²) in [5.41, 5.74) is 3.27. The van der Waals surface area contributed by atoms with Crippen LogP contribution in [0.15, 0.2) is 48.7 Å². The lowest BCUT2D eigenvalue weighted by molar-refractivity contribution is -0.00354. The molecule has 11 heteroatoms. The maximum atomic E-state index is 13.1. The third kappa shape index (κ3) is 5.85. The Kier molecular flexibility index (Phi) is 7.97.